The number of aromatic carboxylic acids is 1. The molecule has 6 nitrogen and oxygen atoms in total. The predicted molar refractivity (Wildman–Crippen MR) is 91.1 cm³/mol. The van der Waals surface area contributed by atoms with Crippen molar-refractivity contribution in [2.24, 2.45) is 5.73 Å². The maximum atomic E-state index is 14.9. The Kier molecular flexibility index (Phi) is 3.88. The number of hydrogen-bond acceptors (Lipinski definition) is 4. The molecule has 1 unspecified atom stereocenters. The first-order chi connectivity index (χ1) is 11.3. The number of aromatic nitrogens is 1. The number of fused-ring (bicyclic) bond motifs is 1. The second kappa shape index (κ2) is 5.76. The Hall–Kier alpha value is -2.67. The fraction of sp³-hybridized carbons (Fsp3) is 0.294. The Morgan fingerprint density at radius 3 is 2.79 bits per heavy atom. The molecule has 2 aromatic rings. The summed E-state index contributed by atoms with van der Waals surface area (Å²) in [5.41, 5.74) is 5.71. The van der Waals surface area contributed by atoms with Crippen LogP contribution in [0.5, 0.6) is 0 Å². The molecule has 1 aliphatic heterocycles. The standard InChI is InChI=1S/C17H18FN3O3/c1-3-20-8-11(17(23)24)16(22)14-9(2)15(18)13(6-12(14)20)21-5-4-10(19)7-21/h3,6,8,10H,1,4-5,7,19H2,2H3,(H,23,24). The molecule has 3 N–H and O–H groups in total. The van der Waals surface area contributed by atoms with Crippen LogP contribution in [0.15, 0.2) is 23.6 Å². The third kappa shape index (κ3) is 2.37. The number of carbonyl (C=O) groups is 1. The molecular formula is C17H18FN3O3. The summed E-state index contributed by atoms with van der Waals surface area (Å²) in [4.78, 5) is 25.6. The Morgan fingerprint density at radius 1 is 1.54 bits per heavy atom. The van der Waals surface area contributed by atoms with E-state index in [9.17, 15) is 19.1 Å². The SMILES string of the molecule is C=Cn1cc(C(=O)O)c(=O)c2c(C)c(F)c(N3CCC(N)C3)cc21. The third-order valence-corrected chi connectivity index (χ3v) is 4.47. The third-order valence-electron chi connectivity index (χ3n) is 4.47. The number of anilines is 1. The van der Waals surface area contributed by atoms with Crippen LogP contribution in [0.4, 0.5) is 10.1 Å². The molecule has 7 heteroatoms. The molecule has 1 aromatic heterocycles. The van der Waals surface area contributed by atoms with Crippen LogP contribution < -0.4 is 16.1 Å². The number of rotatable bonds is 3. The summed E-state index contributed by atoms with van der Waals surface area (Å²) in [5.74, 6) is -1.88. The lowest BCUT2D eigenvalue weighted by Crippen LogP contribution is -2.27. The van der Waals surface area contributed by atoms with Crippen molar-refractivity contribution in [3.8, 4) is 0 Å². The fourth-order valence-corrected chi connectivity index (χ4v) is 3.19. The van der Waals surface area contributed by atoms with Gasteiger partial charge in [-0.3, -0.25) is 4.79 Å². The van der Waals surface area contributed by atoms with E-state index in [-0.39, 0.29) is 17.0 Å². The summed E-state index contributed by atoms with van der Waals surface area (Å²) < 4.78 is 16.3. The molecule has 1 atom stereocenters. The molecule has 0 amide bonds. The highest BCUT2D eigenvalue weighted by atomic mass is 19.1. The van der Waals surface area contributed by atoms with Crippen molar-refractivity contribution in [3.05, 3.63) is 46.0 Å². The summed E-state index contributed by atoms with van der Waals surface area (Å²) in [6.45, 7) is 6.30. The van der Waals surface area contributed by atoms with Crippen molar-refractivity contribution >= 4 is 28.8 Å². The van der Waals surface area contributed by atoms with E-state index in [0.29, 0.717) is 24.3 Å². The zero-order valence-corrected chi connectivity index (χ0v) is 13.3. The maximum Gasteiger partial charge on any atom is 0.341 e. The van der Waals surface area contributed by atoms with Crippen molar-refractivity contribution < 1.29 is 14.3 Å². The van der Waals surface area contributed by atoms with E-state index in [1.165, 1.54) is 23.9 Å². The maximum absolute atomic E-state index is 14.9. The zero-order valence-electron chi connectivity index (χ0n) is 13.3. The number of halogens is 1. The van der Waals surface area contributed by atoms with Crippen LogP contribution in [-0.4, -0.2) is 34.8 Å². The minimum absolute atomic E-state index is 0.0172. The zero-order chi connectivity index (χ0) is 17.6. The van der Waals surface area contributed by atoms with Gasteiger partial charge in [0.1, 0.15) is 11.4 Å². The number of pyridine rings is 1. The van der Waals surface area contributed by atoms with E-state index in [1.807, 2.05) is 4.90 Å². The minimum Gasteiger partial charge on any atom is -0.477 e. The highest BCUT2D eigenvalue weighted by molar-refractivity contribution is 5.95. The van der Waals surface area contributed by atoms with E-state index in [4.69, 9.17) is 5.73 Å². The van der Waals surface area contributed by atoms with Gasteiger partial charge in [0.25, 0.3) is 0 Å². The van der Waals surface area contributed by atoms with Gasteiger partial charge in [0, 0.05) is 37.1 Å². The number of nitrogens with zero attached hydrogens (tertiary/aromatic N) is 2. The van der Waals surface area contributed by atoms with Gasteiger partial charge < -0.3 is 20.3 Å². The molecule has 1 aromatic carbocycles. The Morgan fingerprint density at radius 2 is 2.25 bits per heavy atom. The second-order valence-corrected chi connectivity index (χ2v) is 5.99. The summed E-state index contributed by atoms with van der Waals surface area (Å²) in [6, 6.07) is 1.54. The van der Waals surface area contributed by atoms with Crippen molar-refractivity contribution in [2.75, 3.05) is 18.0 Å². The van der Waals surface area contributed by atoms with Crippen LogP contribution in [0.2, 0.25) is 0 Å². The highest BCUT2D eigenvalue weighted by Gasteiger charge is 2.25. The molecule has 0 aliphatic carbocycles. The number of carboxylic acids is 1. The molecule has 0 saturated carbocycles. The molecule has 0 bridgehead atoms. The minimum atomic E-state index is -1.35. The second-order valence-electron chi connectivity index (χ2n) is 5.99. The van der Waals surface area contributed by atoms with E-state index >= 15 is 0 Å². The lowest BCUT2D eigenvalue weighted by Gasteiger charge is -2.21. The Balaban J connectivity index is 2.36. The van der Waals surface area contributed by atoms with Gasteiger partial charge in [-0.2, -0.15) is 0 Å². The number of hydrogen-bond donors (Lipinski definition) is 2. The number of aryl methyl sites for hydroxylation is 1. The van der Waals surface area contributed by atoms with Crippen LogP contribution in [0.1, 0.15) is 22.3 Å². The topological polar surface area (TPSA) is 88.6 Å². The average Bonchev–Trinajstić information content (AvgIpc) is 2.96. The molecule has 0 radical (unpaired) electrons. The molecule has 0 spiro atoms. The van der Waals surface area contributed by atoms with Gasteiger partial charge in [-0.1, -0.05) is 6.58 Å². The van der Waals surface area contributed by atoms with Gasteiger partial charge in [0.15, 0.2) is 0 Å². The van der Waals surface area contributed by atoms with Gasteiger partial charge >= 0.3 is 5.97 Å². The van der Waals surface area contributed by atoms with Crippen molar-refractivity contribution in [2.45, 2.75) is 19.4 Å². The van der Waals surface area contributed by atoms with Gasteiger partial charge in [0.05, 0.1) is 16.6 Å². The summed E-state index contributed by atoms with van der Waals surface area (Å²) in [6.07, 6.45) is 3.37. The molecule has 3 rings (SSSR count). The summed E-state index contributed by atoms with van der Waals surface area (Å²) in [7, 11) is 0. The predicted octanol–water partition coefficient (Wildman–Crippen LogP) is 1.79. The normalized spacial score (nSPS) is 17.5. The van der Waals surface area contributed by atoms with Crippen LogP contribution in [0.3, 0.4) is 0 Å². The molecule has 1 saturated heterocycles. The average molecular weight is 331 g/mol. The van der Waals surface area contributed by atoms with Gasteiger partial charge in [0.2, 0.25) is 5.43 Å². The van der Waals surface area contributed by atoms with E-state index < -0.39 is 22.8 Å². The first-order valence-corrected chi connectivity index (χ1v) is 7.59. The van der Waals surface area contributed by atoms with Crippen molar-refractivity contribution in [1.29, 1.82) is 0 Å². The smallest absolute Gasteiger partial charge is 0.341 e. The highest BCUT2D eigenvalue weighted by Crippen LogP contribution is 2.31. The van der Waals surface area contributed by atoms with Crippen LogP contribution in [0.25, 0.3) is 17.1 Å². The molecule has 126 valence electrons. The fourth-order valence-electron chi connectivity index (χ4n) is 3.19. The van der Waals surface area contributed by atoms with Gasteiger partial charge in [-0.05, 0) is 19.4 Å². The first-order valence-electron chi connectivity index (χ1n) is 7.59. The Labute approximate surface area is 137 Å². The number of carboxylic acid groups (broad SMARTS) is 1. The van der Waals surface area contributed by atoms with Crippen LogP contribution >= 0.6 is 0 Å². The van der Waals surface area contributed by atoms with Crippen molar-refractivity contribution in [1.82, 2.24) is 4.57 Å². The summed E-state index contributed by atoms with van der Waals surface area (Å²) in [5, 5.41) is 9.25. The van der Waals surface area contributed by atoms with E-state index in [0.717, 1.165) is 6.42 Å². The lowest BCUT2D eigenvalue weighted by molar-refractivity contribution is 0.0695. The Bertz CT molecular complexity index is 920. The number of benzene rings is 1. The number of nitrogens with two attached hydrogens (primary N) is 1. The monoisotopic (exact) mass is 331 g/mol. The largest absolute Gasteiger partial charge is 0.477 e. The first kappa shape index (κ1) is 16.2. The van der Waals surface area contributed by atoms with Crippen LogP contribution in [0, 0.1) is 12.7 Å². The molecule has 24 heavy (non-hydrogen) atoms. The summed E-state index contributed by atoms with van der Waals surface area (Å²) >= 11 is 0. The van der Waals surface area contributed by atoms with E-state index in [1.54, 1.807) is 6.07 Å². The van der Waals surface area contributed by atoms with E-state index in [2.05, 4.69) is 6.58 Å². The van der Waals surface area contributed by atoms with Crippen molar-refractivity contribution in [3.63, 3.8) is 0 Å². The quantitative estimate of drug-likeness (QED) is 0.895. The van der Waals surface area contributed by atoms with Crippen LogP contribution in [-0.2, 0) is 0 Å². The molecule has 1 aliphatic rings. The van der Waals surface area contributed by atoms with Gasteiger partial charge in [-0.25, -0.2) is 9.18 Å². The molecule has 2 heterocycles. The molecular weight excluding hydrogens is 313 g/mol. The molecule has 1 fully saturated rings. The lowest BCUT2D eigenvalue weighted by atomic mass is 10.0. The van der Waals surface area contributed by atoms with Gasteiger partial charge in [-0.15, -0.1) is 0 Å².